The maximum Gasteiger partial charge on any atom is 0.416 e. The molecule has 0 spiro atoms. The first-order valence-electron chi connectivity index (χ1n) is 10.5. The Morgan fingerprint density at radius 1 is 1.16 bits per heavy atom. The normalized spacial score (nSPS) is 14.4. The molecule has 1 saturated heterocycles. The molecular weight excluding hydrogens is 423 g/mol. The van der Waals surface area contributed by atoms with Crippen LogP contribution in [0.5, 0.6) is 0 Å². The molecule has 0 aliphatic carbocycles. The quantitative estimate of drug-likeness (QED) is 0.550. The average molecular weight is 447 g/mol. The number of nitrogens with one attached hydrogen (secondary N) is 2. The summed E-state index contributed by atoms with van der Waals surface area (Å²) in [6, 6.07) is 5.16. The summed E-state index contributed by atoms with van der Waals surface area (Å²) >= 11 is 0. The number of carbonyl (C=O) groups excluding carboxylic acids is 1. The van der Waals surface area contributed by atoms with E-state index in [9.17, 15) is 18.0 Å². The molecule has 11 heteroatoms. The van der Waals surface area contributed by atoms with Crippen molar-refractivity contribution in [3.05, 3.63) is 41.7 Å². The maximum absolute atomic E-state index is 13.0. The Kier molecular flexibility index (Phi) is 6.15. The SMILES string of the molecule is CCNc1nc(NCc2cccc(C(F)(F)F)c2)c2ncn(CCN3CCCC3=O)c2n1. The summed E-state index contributed by atoms with van der Waals surface area (Å²) in [5, 5.41) is 6.17. The maximum atomic E-state index is 13.0. The van der Waals surface area contributed by atoms with Gasteiger partial charge < -0.3 is 20.1 Å². The number of nitrogens with zero attached hydrogens (tertiary/aromatic N) is 5. The van der Waals surface area contributed by atoms with Crippen molar-refractivity contribution in [3.63, 3.8) is 0 Å². The molecule has 3 heterocycles. The number of halogens is 3. The van der Waals surface area contributed by atoms with E-state index in [0.717, 1.165) is 25.1 Å². The van der Waals surface area contributed by atoms with Gasteiger partial charge in [-0.1, -0.05) is 12.1 Å². The zero-order chi connectivity index (χ0) is 22.7. The topological polar surface area (TPSA) is 88.0 Å². The van der Waals surface area contributed by atoms with Crippen molar-refractivity contribution in [2.75, 3.05) is 30.3 Å². The molecule has 2 N–H and O–H groups in total. The third-order valence-corrected chi connectivity index (χ3v) is 5.30. The highest BCUT2D eigenvalue weighted by atomic mass is 19.4. The fourth-order valence-electron chi connectivity index (χ4n) is 3.68. The van der Waals surface area contributed by atoms with Gasteiger partial charge in [0.15, 0.2) is 17.0 Å². The van der Waals surface area contributed by atoms with Gasteiger partial charge in [0.05, 0.1) is 11.9 Å². The van der Waals surface area contributed by atoms with Gasteiger partial charge in [-0.3, -0.25) is 4.79 Å². The predicted octanol–water partition coefficient (Wildman–Crippen LogP) is 3.51. The summed E-state index contributed by atoms with van der Waals surface area (Å²) in [7, 11) is 0. The van der Waals surface area contributed by atoms with Gasteiger partial charge in [0.2, 0.25) is 11.9 Å². The molecule has 0 bridgehead atoms. The smallest absolute Gasteiger partial charge is 0.364 e. The standard InChI is InChI=1S/C21H24F3N7O/c1-2-25-20-28-18(26-12-14-5-3-6-15(11-14)21(22,23)24)17-19(29-20)31(13-27-17)10-9-30-8-4-7-16(30)32/h3,5-6,11,13H,2,4,7-10,12H2,1H3,(H2,25,26,28,29). The van der Waals surface area contributed by atoms with E-state index in [2.05, 4.69) is 25.6 Å². The molecule has 8 nitrogen and oxygen atoms in total. The molecule has 1 amide bonds. The number of rotatable bonds is 8. The third kappa shape index (κ3) is 4.76. The van der Waals surface area contributed by atoms with Crippen LogP contribution in [0.2, 0.25) is 0 Å². The number of fused-ring (bicyclic) bond motifs is 1. The van der Waals surface area contributed by atoms with Crippen molar-refractivity contribution in [3.8, 4) is 0 Å². The Balaban J connectivity index is 1.56. The van der Waals surface area contributed by atoms with Crippen molar-refractivity contribution in [1.29, 1.82) is 0 Å². The number of likely N-dealkylation sites (tertiary alicyclic amines) is 1. The molecule has 1 fully saturated rings. The van der Waals surface area contributed by atoms with Gasteiger partial charge in [0.25, 0.3) is 0 Å². The third-order valence-electron chi connectivity index (χ3n) is 5.30. The Bertz CT molecular complexity index is 1110. The molecule has 0 unspecified atom stereocenters. The van der Waals surface area contributed by atoms with Gasteiger partial charge in [0, 0.05) is 39.1 Å². The summed E-state index contributed by atoms with van der Waals surface area (Å²) in [4.78, 5) is 27.1. The van der Waals surface area contributed by atoms with E-state index in [4.69, 9.17) is 0 Å². The number of benzene rings is 1. The van der Waals surface area contributed by atoms with Crippen LogP contribution in [0.3, 0.4) is 0 Å². The molecule has 2 aromatic heterocycles. The minimum atomic E-state index is -4.40. The van der Waals surface area contributed by atoms with Gasteiger partial charge in [-0.15, -0.1) is 0 Å². The van der Waals surface area contributed by atoms with Crippen molar-refractivity contribution < 1.29 is 18.0 Å². The Morgan fingerprint density at radius 3 is 2.72 bits per heavy atom. The number of carbonyl (C=O) groups is 1. The van der Waals surface area contributed by atoms with Gasteiger partial charge >= 0.3 is 6.18 Å². The number of anilines is 2. The lowest BCUT2D eigenvalue weighted by molar-refractivity contribution is -0.137. The first-order valence-corrected chi connectivity index (χ1v) is 10.5. The number of imidazole rings is 1. The highest BCUT2D eigenvalue weighted by Crippen LogP contribution is 2.30. The largest absolute Gasteiger partial charge is 0.416 e. The monoisotopic (exact) mass is 447 g/mol. The second kappa shape index (κ2) is 9.01. The Morgan fingerprint density at radius 2 is 2.00 bits per heavy atom. The van der Waals surface area contributed by atoms with E-state index in [1.807, 2.05) is 16.4 Å². The van der Waals surface area contributed by atoms with Crippen LogP contribution in [0.25, 0.3) is 11.2 Å². The molecular formula is C21H24F3N7O. The lowest BCUT2D eigenvalue weighted by atomic mass is 10.1. The number of hydrogen-bond donors (Lipinski definition) is 2. The zero-order valence-electron chi connectivity index (χ0n) is 17.6. The zero-order valence-corrected chi connectivity index (χ0v) is 17.6. The van der Waals surface area contributed by atoms with Gasteiger partial charge in [-0.25, -0.2) is 4.98 Å². The predicted molar refractivity (Wildman–Crippen MR) is 114 cm³/mol. The molecule has 1 aliphatic rings. The summed E-state index contributed by atoms with van der Waals surface area (Å²) < 4.78 is 40.9. The average Bonchev–Trinajstić information content (AvgIpc) is 3.36. The van der Waals surface area contributed by atoms with E-state index in [0.29, 0.717) is 54.5 Å². The molecule has 0 radical (unpaired) electrons. The van der Waals surface area contributed by atoms with Crippen molar-refractivity contribution in [2.45, 2.75) is 39.0 Å². The second-order valence-corrected chi connectivity index (χ2v) is 7.57. The van der Waals surface area contributed by atoms with Crippen LogP contribution in [0.15, 0.2) is 30.6 Å². The fraction of sp³-hybridized carbons (Fsp3) is 0.429. The van der Waals surface area contributed by atoms with Crippen LogP contribution < -0.4 is 10.6 Å². The Labute approximate surface area is 182 Å². The molecule has 1 aliphatic heterocycles. The van der Waals surface area contributed by atoms with Crippen LogP contribution in [0.4, 0.5) is 24.9 Å². The number of aromatic nitrogens is 4. The van der Waals surface area contributed by atoms with E-state index >= 15 is 0 Å². The van der Waals surface area contributed by atoms with Crippen LogP contribution in [0.1, 0.15) is 30.9 Å². The van der Waals surface area contributed by atoms with Gasteiger partial charge in [-0.2, -0.15) is 23.1 Å². The summed E-state index contributed by atoms with van der Waals surface area (Å²) in [5.41, 5.74) is 0.891. The van der Waals surface area contributed by atoms with E-state index in [1.54, 1.807) is 12.4 Å². The first kappa shape index (κ1) is 21.8. The van der Waals surface area contributed by atoms with Gasteiger partial charge in [-0.05, 0) is 31.0 Å². The lowest BCUT2D eigenvalue weighted by Crippen LogP contribution is -2.28. The van der Waals surface area contributed by atoms with E-state index in [1.165, 1.54) is 6.07 Å². The summed E-state index contributed by atoms with van der Waals surface area (Å²) in [6.07, 6.45) is -1.29. The van der Waals surface area contributed by atoms with Crippen LogP contribution >= 0.6 is 0 Å². The molecule has 32 heavy (non-hydrogen) atoms. The lowest BCUT2D eigenvalue weighted by Gasteiger charge is -2.16. The van der Waals surface area contributed by atoms with E-state index < -0.39 is 11.7 Å². The summed E-state index contributed by atoms with van der Waals surface area (Å²) in [6.45, 7) is 4.54. The van der Waals surface area contributed by atoms with Crippen molar-refractivity contribution >= 4 is 28.8 Å². The minimum absolute atomic E-state index is 0.150. The van der Waals surface area contributed by atoms with E-state index in [-0.39, 0.29) is 12.5 Å². The van der Waals surface area contributed by atoms with Crippen molar-refractivity contribution in [2.24, 2.45) is 0 Å². The number of amides is 1. The number of alkyl halides is 3. The highest BCUT2D eigenvalue weighted by Gasteiger charge is 2.30. The van der Waals surface area contributed by atoms with Crippen molar-refractivity contribution in [1.82, 2.24) is 24.4 Å². The second-order valence-electron chi connectivity index (χ2n) is 7.57. The molecule has 4 rings (SSSR count). The van der Waals surface area contributed by atoms with Crippen LogP contribution in [-0.2, 0) is 24.1 Å². The Hall–Kier alpha value is -3.37. The molecule has 1 aromatic carbocycles. The fourth-order valence-corrected chi connectivity index (χ4v) is 3.68. The first-order chi connectivity index (χ1) is 15.3. The molecule has 0 saturated carbocycles. The molecule has 3 aromatic rings. The molecule has 0 atom stereocenters. The van der Waals surface area contributed by atoms with Crippen LogP contribution in [-0.4, -0.2) is 50.0 Å². The number of hydrogen-bond acceptors (Lipinski definition) is 6. The summed E-state index contributed by atoms with van der Waals surface area (Å²) in [5.74, 6) is 0.978. The highest BCUT2D eigenvalue weighted by molar-refractivity contribution is 5.84. The van der Waals surface area contributed by atoms with Crippen LogP contribution in [0, 0.1) is 0 Å². The molecule has 170 valence electrons. The minimum Gasteiger partial charge on any atom is -0.364 e. The van der Waals surface area contributed by atoms with Gasteiger partial charge in [0.1, 0.15) is 0 Å².